The number of nitrogens with one attached hydrogen (secondary N) is 1. The molecule has 3 rings (SSSR count). The zero-order valence-corrected chi connectivity index (χ0v) is 12.2. The summed E-state index contributed by atoms with van der Waals surface area (Å²) in [4.78, 5) is 18.6. The molecular weight excluding hydrogens is 266 g/mol. The highest BCUT2D eigenvalue weighted by Gasteiger charge is 2.38. The van der Waals surface area contributed by atoms with Gasteiger partial charge in [0.25, 0.3) is 0 Å². The number of amides is 2. The number of urea groups is 1. The van der Waals surface area contributed by atoms with Gasteiger partial charge in [-0.1, -0.05) is 30.7 Å². The summed E-state index contributed by atoms with van der Waals surface area (Å²) in [6, 6.07) is -0.521. The number of hydrogen-bond acceptors (Lipinski definition) is 3. The van der Waals surface area contributed by atoms with Crippen LogP contribution in [0.5, 0.6) is 0 Å². The van der Waals surface area contributed by atoms with Crippen LogP contribution in [0.15, 0.2) is 29.3 Å². The quantitative estimate of drug-likeness (QED) is 0.810. The van der Waals surface area contributed by atoms with Crippen LogP contribution in [0.25, 0.3) is 0 Å². The molecule has 0 aromatic rings. The minimum absolute atomic E-state index is 0.0544. The van der Waals surface area contributed by atoms with E-state index in [1.165, 1.54) is 37.4 Å². The lowest BCUT2D eigenvalue weighted by Crippen LogP contribution is -2.46. The Kier molecular flexibility index (Phi) is 4.24. The molecular formula is C15H23N5O. The molecule has 2 amide bonds. The normalized spacial score (nSPS) is 30.5. The van der Waals surface area contributed by atoms with Crippen molar-refractivity contribution in [3.05, 3.63) is 24.3 Å². The van der Waals surface area contributed by atoms with Crippen molar-refractivity contribution in [2.75, 3.05) is 26.2 Å². The maximum Gasteiger partial charge on any atom is 0.334 e. The number of rotatable bonds is 3. The molecule has 0 aromatic heterocycles. The fourth-order valence-electron chi connectivity index (χ4n) is 3.21. The average Bonchev–Trinajstić information content (AvgIpc) is 2.88. The summed E-state index contributed by atoms with van der Waals surface area (Å²) >= 11 is 0. The number of nitrogens with zero attached hydrogens (tertiary/aromatic N) is 3. The first kappa shape index (κ1) is 14.1. The molecule has 0 spiro atoms. The predicted octanol–water partition coefficient (Wildman–Crippen LogP) is 0.881. The molecule has 2 unspecified atom stereocenters. The molecule has 1 aliphatic carbocycles. The van der Waals surface area contributed by atoms with Crippen molar-refractivity contribution in [2.24, 2.45) is 16.6 Å². The van der Waals surface area contributed by atoms with Crippen LogP contribution in [0.4, 0.5) is 4.79 Å². The summed E-state index contributed by atoms with van der Waals surface area (Å²) in [6.45, 7) is 4.11. The van der Waals surface area contributed by atoms with Crippen molar-refractivity contribution in [1.82, 2.24) is 15.3 Å². The molecule has 2 heterocycles. The van der Waals surface area contributed by atoms with E-state index < -0.39 is 6.03 Å². The van der Waals surface area contributed by atoms with Gasteiger partial charge in [-0.3, -0.25) is 10.4 Å². The number of likely N-dealkylation sites (tertiary alicyclic amines) is 1. The molecule has 2 fully saturated rings. The Balaban J connectivity index is 1.61. The van der Waals surface area contributed by atoms with Gasteiger partial charge in [-0.2, -0.15) is 0 Å². The van der Waals surface area contributed by atoms with Gasteiger partial charge in [-0.05, 0) is 25.9 Å². The number of allylic oxidation sites excluding steroid dienone is 2. The van der Waals surface area contributed by atoms with Crippen molar-refractivity contribution in [2.45, 2.75) is 25.3 Å². The van der Waals surface area contributed by atoms with Crippen molar-refractivity contribution in [1.29, 1.82) is 0 Å². The van der Waals surface area contributed by atoms with Crippen LogP contribution < -0.4 is 11.2 Å². The SMILES string of the molecule is NC(=O)N1NC(=NCCN2CCCCC2)C2C=CC=CC21. The van der Waals surface area contributed by atoms with E-state index in [9.17, 15) is 4.79 Å². The molecule has 114 valence electrons. The van der Waals surface area contributed by atoms with E-state index in [1.807, 2.05) is 18.2 Å². The Bertz CT molecular complexity index is 478. The Hall–Kier alpha value is -1.82. The van der Waals surface area contributed by atoms with Gasteiger partial charge in [0.15, 0.2) is 0 Å². The zero-order chi connectivity index (χ0) is 14.7. The highest BCUT2D eigenvalue weighted by molar-refractivity contribution is 5.92. The first-order valence-corrected chi connectivity index (χ1v) is 7.73. The first-order valence-electron chi connectivity index (χ1n) is 7.73. The van der Waals surface area contributed by atoms with Gasteiger partial charge in [0.2, 0.25) is 0 Å². The maximum absolute atomic E-state index is 11.5. The van der Waals surface area contributed by atoms with E-state index >= 15 is 0 Å². The van der Waals surface area contributed by atoms with Gasteiger partial charge in [0.1, 0.15) is 5.84 Å². The minimum atomic E-state index is -0.466. The van der Waals surface area contributed by atoms with Crippen LogP contribution in [0.2, 0.25) is 0 Å². The third-order valence-electron chi connectivity index (χ3n) is 4.34. The van der Waals surface area contributed by atoms with E-state index in [1.54, 1.807) is 0 Å². The molecule has 6 heteroatoms. The highest BCUT2D eigenvalue weighted by atomic mass is 16.2. The molecule has 21 heavy (non-hydrogen) atoms. The largest absolute Gasteiger partial charge is 0.350 e. The molecule has 2 saturated heterocycles. The molecule has 3 aliphatic rings. The van der Waals surface area contributed by atoms with Crippen LogP contribution in [0, 0.1) is 5.92 Å². The molecule has 2 atom stereocenters. The topological polar surface area (TPSA) is 74.0 Å². The molecule has 3 N–H and O–H groups in total. The first-order chi connectivity index (χ1) is 10.3. The smallest absolute Gasteiger partial charge is 0.334 e. The molecule has 0 radical (unpaired) electrons. The van der Waals surface area contributed by atoms with Gasteiger partial charge in [-0.25, -0.2) is 9.80 Å². The zero-order valence-electron chi connectivity index (χ0n) is 12.2. The number of nitrogens with two attached hydrogens (primary N) is 1. The van der Waals surface area contributed by atoms with Crippen molar-refractivity contribution >= 4 is 11.9 Å². The van der Waals surface area contributed by atoms with Gasteiger partial charge in [0.05, 0.1) is 18.5 Å². The number of aliphatic imine (C=N–C) groups is 1. The lowest BCUT2D eigenvalue weighted by molar-refractivity contribution is 0.190. The van der Waals surface area contributed by atoms with E-state index in [4.69, 9.17) is 5.73 Å². The number of hydrazine groups is 1. The number of carbonyl (C=O) groups is 1. The Morgan fingerprint density at radius 3 is 2.81 bits per heavy atom. The standard InChI is InChI=1S/C15H23N5O/c16-15(21)20-13-7-3-2-6-12(13)14(18-20)17-8-11-19-9-4-1-5-10-19/h2-3,6-7,12-13H,1,4-5,8-11H2,(H2,16,21)(H,17,18). The second kappa shape index (κ2) is 6.30. The number of amidine groups is 1. The molecule has 2 aliphatic heterocycles. The van der Waals surface area contributed by atoms with Gasteiger partial charge in [0, 0.05) is 6.54 Å². The summed E-state index contributed by atoms with van der Waals surface area (Å²) in [7, 11) is 0. The molecule has 0 saturated carbocycles. The van der Waals surface area contributed by atoms with Gasteiger partial charge < -0.3 is 10.6 Å². The highest BCUT2D eigenvalue weighted by Crippen LogP contribution is 2.24. The van der Waals surface area contributed by atoms with Crippen molar-refractivity contribution < 1.29 is 4.79 Å². The summed E-state index contributed by atoms with van der Waals surface area (Å²) in [6.07, 6.45) is 11.9. The molecule has 6 nitrogen and oxygen atoms in total. The Morgan fingerprint density at radius 2 is 2.05 bits per heavy atom. The number of hydrogen-bond donors (Lipinski definition) is 2. The summed E-state index contributed by atoms with van der Waals surface area (Å²) in [5, 5.41) is 1.46. The summed E-state index contributed by atoms with van der Waals surface area (Å²) in [5.41, 5.74) is 8.47. The number of primary amides is 1. The van der Waals surface area contributed by atoms with E-state index in [-0.39, 0.29) is 12.0 Å². The van der Waals surface area contributed by atoms with Crippen molar-refractivity contribution in [3.63, 3.8) is 0 Å². The monoisotopic (exact) mass is 289 g/mol. The maximum atomic E-state index is 11.5. The van der Waals surface area contributed by atoms with Crippen LogP contribution in [0.1, 0.15) is 19.3 Å². The third-order valence-corrected chi connectivity index (χ3v) is 4.34. The van der Waals surface area contributed by atoms with Crippen LogP contribution in [0.3, 0.4) is 0 Å². The number of carbonyl (C=O) groups excluding carboxylic acids is 1. The fraction of sp³-hybridized carbons (Fsp3) is 0.600. The Labute approximate surface area is 125 Å². The Morgan fingerprint density at radius 1 is 1.29 bits per heavy atom. The van der Waals surface area contributed by atoms with Crippen molar-refractivity contribution in [3.8, 4) is 0 Å². The lowest BCUT2D eigenvalue weighted by atomic mass is 9.96. The van der Waals surface area contributed by atoms with Crippen LogP contribution in [-0.4, -0.2) is 54.0 Å². The number of fused-ring (bicyclic) bond motifs is 1. The fourth-order valence-corrected chi connectivity index (χ4v) is 3.21. The number of piperidine rings is 1. The lowest BCUT2D eigenvalue weighted by Gasteiger charge is -2.25. The molecule has 0 aromatic carbocycles. The van der Waals surface area contributed by atoms with Gasteiger partial charge >= 0.3 is 6.03 Å². The van der Waals surface area contributed by atoms with Crippen LogP contribution >= 0.6 is 0 Å². The van der Waals surface area contributed by atoms with Gasteiger partial charge in [-0.15, -0.1) is 0 Å². The van der Waals surface area contributed by atoms with E-state index in [0.717, 1.165) is 18.9 Å². The second-order valence-electron chi connectivity index (χ2n) is 5.78. The van der Waals surface area contributed by atoms with E-state index in [0.29, 0.717) is 0 Å². The second-order valence-corrected chi connectivity index (χ2v) is 5.78. The van der Waals surface area contributed by atoms with Crippen LogP contribution in [-0.2, 0) is 0 Å². The predicted molar refractivity (Wildman–Crippen MR) is 82.7 cm³/mol. The average molecular weight is 289 g/mol. The van der Waals surface area contributed by atoms with E-state index in [2.05, 4.69) is 21.4 Å². The third kappa shape index (κ3) is 3.10. The summed E-state index contributed by atoms with van der Waals surface area (Å²) < 4.78 is 0. The molecule has 0 bridgehead atoms. The summed E-state index contributed by atoms with van der Waals surface area (Å²) in [5.74, 6) is 0.945. The minimum Gasteiger partial charge on any atom is -0.350 e.